The summed E-state index contributed by atoms with van der Waals surface area (Å²) in [6.07, 6.45) is 1.17. The van der Waals surface area contributed by atoms with Gasteiger partial charge in [0.25, 0.3) is 0 Å². The zero-order valence-electron chi connectivity index (χ0n) is 11.8. The highest BCUT2D eigenvalue weighted by molar-refractivity contribution is 5.38. The fourth-order valence-corrected chi connectivity index (χ4v) is 3.11. The second kappa shape index (κ2) is 5.51. The molecule has 2 aliphatic rings. The summed E-state index contributed by atoms with van der Waals surface area (Å²) in [7, 11) is 0. The van der Waals surface area contributed by atoms with E-state index in [1.54, 1.807) is 0 Å². The van der Waals surface area contributed by atoms with Crippen LogP contribution in [-0.2, 0) is 4.74 Å². The van der Waals surface area contributed by atoms with Gasteiger partial charge in [0.05, 0.1) is 13.2 Å². The van der Waals surface area contributed by atoms with E-state index in [4.69, 9.17) is 9.47 Å². The van der Waals surface area contributed by atoms with Crippen LogP contribution in [0.2, 0.25) is 0 Å². The smallest absolute Gasteiger partial charge is 0.124 e. The molecule has 3 nitrogen and oxygen atoms in total. The van der Waals surface area contributed by atoms with Gasteiger partial charge in [-0.2, -0.15) is 0 Å². The highest BCUT2D eigenvalue weighted by Crippen LogP contribution is 2.36. The normalized spacial score (nSPS) is 31.6. The summed E-state index contributed by atoms with van der Waals surface area (Å²) in [6, 6.07) is 9.26. The molecule has 0 saturated carbocycles. The van der Waals surface area contributed by atoms with E-state index in [2.05, 4.69) is 37.4 Å². The molecule has 0 amide bonds. The first-order chi connectivity index (χ1) is 9.25. The van der Waals surface area contributed by atoms with Crippen LogP contribution in [0.3, 0.4) is 0 Å². The van der Waals surface area contributed by atoms with E-state index >= 15 is 0 Å². The maximum absolute atomic E-state index is 5.81. The molecule has 4 unspecified atom stereocenters. The Morgan fingerprint density at radius 2 is 2.11 bits per heavy atom. The topological polar surface area (TPSA) is 30.5 Å². The number of fused-ring (bicyclic) bond motifs is 1. The largest absolute Gasteiger partial charge is 0.493 e. The second-order valence-corrected chi connectivity index (χ2v) is 5.88. The third-order valence-electron chi connectivity index (χ3n) is 4.44. The second-order valence-electron chi connectivity index (χ2n) is 5.88. The Hall–Kier alpha value is -1.06. The van der Waals surface area contributed by atoms with E-state index in [0.717, 1.165) is 25.6 Å². The highest BCUT2D eigenvalue weighted by Gasteiger charge is 2.31. The van der Waals surface area contributed by atoms with Crippen molar-refractivity contribution >= 4 is 0 Å². The van der Waals surface area contributed by atoms with Crippen molar-refractivity contribution in [2.24, 2.45) is 11.8 Å². The minimum atomic E-state index is 0.389. The fraction of sp³-hybridized carbons (Fsp3) is 0.625. The van der Waals surface area contributed by atoms with Crippen LogP contribution in [-0.4, -0.2) is 25.9 Å². The van der Waals surface area contributed by atoms with Gasteiger partial charge in [0.15, 0.2) is 0 Å². The molecule has 0 radical (unpaired) electrons. The zero-order valence-corrected chi connectivity index (χ0v) is 11.8. The van der Waals surface area contributed by atoms with Gasteiger partial charge >= 0.3 is 0 Å². The van der Waals surface area contributed by atoms with Crippen molar-refractivity contribution < 1.29 is 9.47 Å². The summed E-state index contributed by atoms with van der Waals surface area (Å²) in [6.45, 7) is 7.14. The molecule has 104 valence electrons. The Labute approximate surface area is 115 Å². The van der Waals surface area contributed by atoms with Gasteiger partial charge in [0.2, 0.25) is 0 Å². The summed E-state index contributed by atoms with van der Waals surface area (Å²) >= 11 is 0. The van der Waals surface area contributed by atoms with Crippen LogP contribution in [0.5, 0.6) is 5.75 Å². The van der Waals surface area contributed by atoms with Gasteiger partial charge in [-0.05, 0) is 25.3 Å². The zero-order chi connectivity index (χ0) is 13.2. The van der Waals surface area contributed by atoms with E-state index in [1.165, 1.54) is 12.0 Å². The third-order valence-corrected chi connectivity index (χ3v) is 4.44. The van der Waals surface area contributed by atoms with Crippen LogP contribution in [0.4, 0.5) is 0 Å². The van der Waals surface area contributed by atoms with E-state index in [0.29, 0.717) is 23.9 Å². The lowest BCUT2D eigenvalue weighted by Crippen LogP contribution is -2.42. The van der Waals surface area contributed by atoms with Gasteiger partial charge in [0.1, 0.15) is 5.75 Å². The van der Waals surface area contributed by atoms with E-state index in [1.807, 2.05) is 6.07 Å². The van der Waals surface area contributed by atoms with Crippen molar-refractivity contribution in [3.05, 3.63) is 29.8 Å². The van der Waals surface area contributed by atoms with Gasteiger partial charge in [-0.25, -0.2) is 0 Å². The lowest BCUT2D eigenvalue weighted by atomic mass is 9.89. The number of hydrogen-bond acceptors (Lipinski definition) is 3. The average molecular weight is 261 g/mol. The number of ether oxygens (including phenoxy) is 2. The first-order valence-electron chi connectivity index (χ1n) is 7.31. The molecule has 2 aliphatic heterocycles. The first kappa shape index (κ1) is 12.9. The molecule has 1 aromatic carbocycles. The minimum Gasteiger partial charge on any atom is -0.493 e. The monoisotopic (exact) mass is 261 g/mol. The molecule has 1 aromatic rings. The summed E-state index contributed by atoms with van der Waals surface area (Å²) in [5, 5.41) is 3.81. The molecule has 1 saturated heterocycles. The van der Waals surface area contributed by atoms with Gasteiger partial charge in [-0.3, -0.25) is 0 Å². The van der Waals surface area contributed by atoms with Crippen LogP contribution in [0.25, 0.3) is 0 Å². The molecule has 3 rings (SSSR count). The van der Waals surface area contributed by atoms with Crippen molar-refractivity contribution in [1.29, 1.82) is 0 Å². The molecule has 0 aliphatic carbocycles. The number of rotatable bonds is 3. The van der Waals surface area contributed by atoms with E-state index in [9.17, 15) is 0 Å². The van der Waals surface area contributed by atoms with E-state index in [-0.39, 0.29) is 0 Å². The Kier molecular flexibility index (Phi) is 3.76. The number of nitrogens with one attached hydrogen (secondary N) is 1. The Morgan fingerprint density at radius 3 is 2.89 bits per heavy atom. The van der Waals surface area contributed by atoms with Crippen LogP contribution >= 0.6 is 0 Å². The summed E-state index contributed by atoms with van der Waals surface area (Å²) in [5.41, 5.74) is 1.30. The predicted molar refractivity (Wildman–Crippen MR) is 75.4 cm³/mol. The van der Waals surface area contributed by atoms with Crippen molar-refractivity contribution in [2.45, 2.75) is 32.4 Å². The molecule has 0 aromatic heterocycles. The number of hydrogen-bond donors (Lipinski definition) is 1. The van der Waals surface area contributed by atoms with E-state index < -0.39 is 0 Å². The van der Waals surface area contributed by atoms with Gasteiger partial charge in [0, 0.05) is 30.2 Å². The summed E-state index contributed by atoms with van der Waals surface area (Å²) in [4.78, 5) is 0. The predicted octanol–water partition coefficient (Wildman–Crippen LogP) is 2.77. The van der Waals surface area contributed by atoms with Crippen LogP contribution in [0.15, 0.2) is 24.3 Å². The van der Waals surface area contributed by atoms with Gasteiger partial charge in [-0.15, -0.1) is 0 Å². The highest BCUT2D eigenvalue weighted by atomic mass is 16.5. The molecule has 2 heterocycles. The van der Waals surface area contributed by atoms with Crippen molar-refractivity contribution in [3.8, 4) is 5.75 Å². The van der Waals surface area contributed by atoms with Gasteiger partial charge in [-0.1, -0.05) is 25.1 Å². The van der Waals surface area contributed by atoms with Gasteiger partial charge < -0.3 is 14.8 Å². The number of para-hydroxylation sites is 1. The maximum atomic E-state index is 5.81. The van der Waals surface area contributed by atoms with Crippen molar-refractivity contribution in [2.75, 3.05) is 19.8 Å². The quantitative estimate of drug-likeness (QED) is 0.907. The lowest BCUT2D eigenvalue weighted by molar-refractivity contribution is 0.157. The molecular formula is C16H23NO2. The summed E-state index contributed by atoms with van der Waals surface area (Å²) in [5.74, 6) is 2.18. The Bertz CT molecular complexity index is 429. The fourth-order valence-electron chi connectivity index (χ4n) is 3.11. The minimum absolute atomic E-state index is 0.389. The molecule has 0 spiro atoms. The van der Waals surface area contributed by atoms with Crippen LogP contribution < -0.4 is 10.1 Å². The van der Waals surface area contributed by atoms with Crippen molar-refractivity contribution in [1.82, 2.24) is 5.32 Å². The molecule has 3 heteroatoms. The Balaban J connectivity index is 1.75. The molecule has 1 fully saturated rings. The summed E-state index contributed by atoms with van der Waals surface area (Å²) < 4.78 is 11.3. The van der Waals surface area contributed by atoms with Crippen molar-refractivity contribution in [3.63, 3.8) is 0 Å². The number of benzene rings is 1. The molecule has 4 atom stereocenters. The third kappa shape index (κ3) is 2.63. The van der Waals surface area contributed by atoms with Crippen LogP contribution in [0.1, 0.15) is 31.9 Å². The molecule has 1 N–H and O–H groups in total. The lowest BCUT2D eigenvalue weighted by Gasteiger charge is -2.35. The van der Waals surface area contributed by atoms with Crippen LogP contribution in [0, 0.1) is 11.8 Å². The average Bonchev–Trinajstić information content (AvgIpc) is 2.96. The maximum Gasteiger partial charge on any atom is 0.124 e. The molecular weight excluding hydrogens is 238 g/mol. The molecule has 19 heavy (non-hydrogen) atoms. The Morgan fingerprint density at radius 1 is 1.26 bits per heavy atom. The standard InChI is InChI=1S/C16H23NO2/c1-11-9-19-15-6-4-3-5-14(15)16(11)17-12(2)13-7-8-18-10-13/h3-6,11-13,16-17H,7-10H2,1-2H3. The first-order valence-corrected chi connectivity index (χ1v) is 7.31. The molecule has 0 bridgehead atoms. The SMILES string of the molecule is CC1COc2ccccc2C1NC(C)C1CCOC1.